The van der Waals surface area contributed by atoms with Gasteiger partial charge >= 0.3 is 0 Å². The van der Waals surface area contributed by atoms with Gasteiger partial charge in [-0.25, -0.2) is 4.98 Å². The van der Waals surface area contributed by atoms with Crippen LogP contribution in [0.1, 0.15) is 24.5 Å². The van der Waals surface area contributed by atoms with E-state index in [0.29, 0.717) is 6.54 Å². The summed E-state index contributed by atoms with van der Waals surface area (Å²) in [5, 5.41) is 4.65. The van der Waals surface area contributed by atoms with E-state index in [-0.39, 0.29) is 0 Å². The molecule has 1 aromatic heterocycles. The molecular formula is C11H19N3S2. The smallest absolute Gasteiger partial charge is 0.106 e. The second-order valence-electron chi connectivity index (χ2n) is 4.39. The molecule has 1 aliphatic rings. The Morgan fingerprint density at radius 3 is 2.69 bits per heavy atom. The summed E-state index contributed by atoms with van der Waals surface area (Å²) in [5.74, 6) is 0. The Morgan fingerprint density at radius 1 is 1.44 bits per heavy atom. The van der Waals surface area contributed by atoms with Crippen LogP contribution in [-0.4, -0.2) is 33.5 Å². The average molecular weight is 257 g/mol. The van der Waals surface area contributed by atoms with E-state index in [1.54, 1.807) is 11.3 Å². The SMILES string of the molecule is CC1CN(Cc2csc(CN)n2)CC(C)S1. The Morgan fingerprint density at radius 2 is 2.12 bits per heavy atom. The molecule has 0 aliphatic carbocycles. The average Bonchev–Trinajstić information content (AvgIpc) is 2.64. The summed E-state index contributed by atoms with van der Waals surface area (Å²) in [6, 6.07) is 0. The highest BCUT2D eigenvalue weighted by Crippen LogP contribution is 2.25. The van der Waals surface area contributed by atoms with Gasteiger partial charge < -0.3 is 5.73 Å². The lowest BCUT2D eigenvalue weighted by Gasteiger charge is -2.34. The normalized spacial score (nSPS) is 27.2. The molecule has 1 aromatic rings. The van der Waals surface area contributed by atoms with Crippen LogP contribution in [-0.2, 0) is 13.1 Å². The summed E-state index contributed by atoms with van der Waals surface area (Å²) in [6.07, 6.45) is 0. The van der Waals surface area contributed by atoms with Gasteiger partial charge in [0.15, 0.2) is 0 Å². The van der Waals surface area contributed by atoms with Gasteiger partial charge in [-0.3, -0.25) is 4.90 Å². The molecule has 2 N–H and O–H groups in total. The largest absolute Gasteiger partial charge is 0.325 e. The lowest BCUT2D eigenvalue weighted by Crippen LogP contribution is -2.39. The summed E-state index contributed by atoms with van der Waals surface area (Å²) >= 11 is 3.76. The van der Waals surface area contributed by atoms with Crippen LogP contribution >= 0.6 is 23.1 Å². The third-order valence-electron chi connectivity index (χ3n) is 2.65. The van der Waals surface area contributed by atoms with Gasteiger partial charge in [0.25, 0.3) is 0 Å². The molecule has 0 spiro atoms. The highest BCUT2D eigenvalue weighted by molar-refractivity contribution is 8.00. The van der Waals surface area contributed by atoms with Gasteiger partial charge in [0.1, 0.15) is 5.01 Å². The van der Waals surface area contributed by atoms with E-state index in [1.165, 1.54) is 18.8 Å². The van der Waals surface area contributed by atoms with E-state index in [0.717, 1.165) is 22.1 Å². The van der Waals surface area contributed by atoms with Crippen LogP contribution in [0.3, 0.4) is 0 Å². The van der Waals surface area contributed by atoms with Crippen LogP contribution < -0.4 is 5.73 Å². The minimum Gasteiger partial charge on any atom is -0.325 e. The summed E-state index contributed by atoms with van der Waals surface area (Å²) in [7, 11) is 0. The van der Waals surface area contributed by atoms with Gasteiger partial charge in [-0.05, 0) is 0 Å². The standard InChI is InChI=1S/C11H19N3S2/c1-8-4-14(5-9(2)16-8)6-10-7-15-11(3-12)13-10/h7-9H,3-6,12H2,1-2H3. The fraction of sp³-hybridized carbons (Fsp3) is 0.727. The van der Waals surface area contributed by atoms with Crippen molar-refractivity contribution in [2.24, 2.45) is 5.73 Å². The molecule has 0 aromatic carbocycles. The molecule has 0 amide bonds. The Hall–Kier alpha value is -0.100. The lowest BCUT2D eigenvalue weighted by atomic mass is 10.3. The van der Waals surface area contributed by atoms with Crippen molar-refractivity contribution >= 4 is 23.1 Å². The van der Waals surface area contributed by atoms with Crippen LogP contribution in [0.25, 0.3) is 0 Å². The molecule has 1 aliphatic heterocycles. The van der Waals surface area contributed by atoms with Crippen molar-refractivity contribution in [2.45, 2.75) is 37.4 Å². The molecule has 0 radical (unpaired) electrons. The second kappa shape index (κ2) is 5.49. The number of rotatable bonds is 3. The minimum absolute atomic E-state index is 0.563. The number of thioether (sulfide) groups is 1. The molecule has 3 nitrogen and oxygen atoms in total. The quantitative estimate of drug-likeness (QED) is 0.898. The van der Waals surface area contributed by atoms with Gasteiger partial charge in [-0.1, -0.05) is 13.8 Å². The zero-order valence-corrected chi connectivity index (χ0v) is 11.5. The van der Waals surface area contributed by atoms with Gasteiger partial charge in [0, 0.05) is 42.1 Å². The van der Waals surface area contributed by atoms with Crippen molar-refractivity contribution in [2.75, 3.05) is 13.1 Å². The van der Waals surface area contributed by atoms with Crippen molar-refractivity contribution < 1.29 is 0 Å². The van der Waals surface area contributed by atoms with Gasteiger partial charge in [0.05, 0.1) is 5.69 Å². The molecule has 0 saturated carbocycles. The fourth-order valence-electron chi connectivity index (χ4n) is 2.16. The molecule has 2 atom stereocenters. The number of hydrogen-bond acceptors (Lipinski definition) is 5. The highest BCUT2D eigenvalue weighted by atomic mass is 32.2. The number of thiazole rings is 1. The molecule has 2 unspecified atom stereocenters. The van der Waals surface area contributed by atoms with Crippen LogP contribution in [0.15, 0.2) is 5.38 Å². The van der Waals surface area contributed by atoms with E-state index < -0.39 is 0 Å². The summed E-state index contributed by atoms with van der Waals surface area (Å²) in [6.45, 7) is 8.49. The van der Waals surface area contributed by atoms with Crippen molar-refractivity contribution in [3.05, 3.63) is 16.1 Å². The number of hydrogen-bond donors (Lipinski definition) is 1. The van der Waals surface area contributed by atoms with E-state index in [1.807, 2.05) is 0 Å². The van der Waals surface area contributed by atoms with Crippen molar-refractivity contribution in [1.82, 2.24) is 9.88 Å². The van der Waals surface area contributed by atoms with E-state index >= 15 is 0 Å². The van der Waals surface area contributed by atoms with Crippen molar-refractivity contribution in [1.29, 1.82) is 0 Å². The molecule has 1 saturated heterocycles. The first-order valence-corrected chi connectivity index (χ1v) is 7.50. The number of aromatic nitrogens is 1. The minimum atomic E-state index is 0.563. The molecule has 1 fully saturated rings. The second-order valence-corrected chi connectivity index (χ2v) is 7.21. The Bertz CT molecular complexity index is 330. The van der Waals surface area contributed by atoms with E-state index in [9.17, 15) is 0 Å². The topological polar surface area (TPSA) is 42.1 Å². The first-order chi connectivity index (χ1) is 7.67. The molecule has 16 heavy (non-hydrogen) atoms. The third-order valence-corrected chi connectivity index (χ3v) is 4.80. The predicted octanol–water partition coefficient (Wildman–Crippen LogP) is 1.93. The predicted molar refractivity (Wildman–Crippen MR) is 71.8 cm³/mol. The Balaban J connectivity index is 1.93. The first kappa shape index (κ1) is 12.4. The van der Waals surface area contributed by atoms with Gasteiger partial charge in [0.2, 0.25) is 0 Å². The maximum absolute atomic E-state index is 5.57. The number of nitrogens with zero attached hydrogens (tertiary/aromatic N) is 2. The Labute approximate surface area is 105 Å². The molecule has 0 bridgehead atoms. The van der Waals surface area contributed by atoms with Crippen LogP contribution in [0.4, 0.5) is 0 Å². The van der Waals surface area contributed by atoms with E-state index in [2.05, 4.69) is 40.9 Å². The van der Waals surface area contributed by atoms with Crippen LogP contribution in [0.5, 0.6) is 0 Å². The van der Waals surface area contributed by atoms with Gasteiger partial charge in [-0.15, -0.1) is 11.3 Å². The molecule has 2 rings (SSSR count). The Kier molecular flexibility index (Phi) is 4.24. The first-order valence-electron chi connectivity index (χ1n) is 5.68. The molecule has 2 heterocycles. The third kappa shape index (κ3) is 3.20. The molecule has 90 valence electrons. The van der Waals surface area contributed by atoms with Crippen molar-refractivity contribution in [3.63, 3.8) is 0 Å². The molecule has 5 heteroatoms. The van der Waals surface area contributed by atoms with Crippen LogP contribution in [0, 0.1) is 0 Å². The lowest BCUT2D eigenvalue weighted by molar-refractivity contribution is 0.260. The zero-order valence-electron chi connectivity index (χ0n) is 9.85. The highest BCUT2D eigenvalue weighted by Gasteiger charge is 2.22. The van der Waals surface area contributed by atoms with Gasteiger partial charge in [-0.2, -0.15) is 11.8 Å². The van der Waals surface area contributed by atoms with Crippen LogP contribution in [0.2, 0.25) is 0 Å². The monoisotopic (exact) mass is 257 g/mol. The van der Waals surface area contributed by atoms with Crippen molar-refractivity contribution in [3.8, 4) is 0 Å². The summed E-state index contributed by atoms with van der Waals surface area (Å²) in [4.78, 5) is 7.02. The fourth-order valence-corrected chi connectivity index (χ4v) is 4.21. The number of nitrogens with two attached hydrogens (primary N) is 1. The zero-order chi connectivity index (χ0) is 11.5. The maximum atomic E-state index is 5.57. The summed E-state index contributed by atoms with van der Waals surface area (Å²) < 4.78 is 0. The maximum Gasteiger partial charge on any atom is 0.106 e. The summed E-state index contributed by atoms with van der Waals surface area (Å²) in [5.41, 5.74) is 6.75. The van der Waals surface area contributed by atoms with E-state index in [4.69, 9.17) is 5.73 Å². The molecular weight excluding hydrogens is 238 g/mol.